The minimum Gasteiger partial charge on any atom is -0.497 e. The molecule has 0 spiro atoms. The van der Waals surface area contributed by atoms with Crippen LogP contribution in [0.1, 0.15) is 88.4 Å². The SMILES string of the molecule is CCOC(=O)c1c(C)c(C(=O)CN(CC2CCCCC2)C(=O)c2cccc(OC)c2)c(C)n1CC. The van der Waals surface area contributed by atoms with Crippen molar-refractivity contribution in [1.29, 1.82) is 0 Å². The summed E-state index contributed by atoms with van der Waals surface area (Å²) in [6.07, 6.45) is 5.65. The molecule has 2 aromatic rings. The number of hydrogen-bond donors (Lipinski definition) is 0. The van der Waals surface area contributed by atoms with E-state index in [1.807, 2.05) is 18.4 Å². The topological polar surface area (TPSA) is 77.8 Å². The van der Waals surface area contributed by atoms with Gasteiger partial charge in [-0.05, 0) is 70.2 Å². The number of benzene rings is 1. The van der Waals surface area contributed by atoms with E-state index >= 15 is 0 Å². The van der Waals surface area contributed by atoms with Gasteiger partial charge in [-0.2, -0.15) is 0 Å². The highest BCUT2D eigenvalue weighted by atomic mass is 16.5. The molecular weight excluding hydrogens is 444 g/mol. The van der Waals surface area contributed by atoms with Gasteiger partial charge >= 0.3 is 5.97 Å². The van der Waals surface area contributed by atoms with Gasteiger partial charge in [0.05, 0.1) is 20.3 Å². The lowest BCUT2D eigenvalue weighted by Crippen LogP contribution is -2.40. The lowest BCUT2D eigenvalue weighted by molar-refractivity contribution is 0.0512. The highest BCUT2D eigenvalue weighted by Gasteiger charge is 2.30. The van der Waals surface area contributed by atoms with Gasteiger partial charge in [0.2, 0.25) is 0 Å². The zero-order valence-electron chi connectivity index (χ0n) is 21.7. The number of ketones is 1. The molecular formula is C28H38N2O5. The van der Waals surface area contributed by atoms with E-state index in [2.05, 4.69) is 0 Å². The molecule has 1 fully saturated rings. The van der Waals surface area contributed by atoms with Gasteiger partial charge in [-0.25, -0.2) is 4.79 Å². The predicted octanol–water partition coefficient (Wildman–Crippen LogP) is 5.22. The minimum atomic E-state index is -0.430. The number of ether oxygens (including phenoxy) is 2. The maximum absolute atomic E-state index is 13.7. The van der Waals surface area contributed by atoms with Crippen molar-refractivity contribution in [3.05, 3.63) is 52.3 Å². The third-order valence-corrected chi connectivity index (χ3v) is 6.97. The molecule has 7 nitrogen and oxygen atoms in total. The van der Waals surface area contributed by atoms with E-state index in [4.69, 9.17) is 9.47 Å². The number of nitrogens with zero attached hydrogens (tertiary/aromatic N) is 2. The summed E-state index contributed by atoms with van der Waals surface area (Å²) in [6, 6.07) is 7.05. The van der Waals surface area contributed by atoms with Crippen LogP contribution < -0.4 is 4.74 Å². The van der Waals surface area contributed by atoms with Gasteiger partial charge in [0, 0.05) is 29.9 Å². The fraction of sp³-hybridized carbons (Fsp3) is 0.536. The molecule has 1 aliphatic rings. The first-order valence-electron chi connectivity index (χ1n) is 12.7. The molecule has 0 atom stereocenters. The van der Waals surface area contributed by atoms with Crippen molar-refractivity contribution >= 4 is 17.7 Å². The molecule has 0 radical (unpaired) electrons. The third-order valence-electron chi connectivity index (χ3n) is 6.97. The zero-order valence-corrected chi connectivity index (χ0v) is 21.7. The second kappa shape index (κ2) is 12.0. The van der Waals surface area contributed by atoms with Crippen molar-refractivity contribution < 1.29 is 23.9 Å². The van der Waals surface area contributed by atoms with Gasteiger partial charge in [0.15, 0.2) is 5.78 Å². The number of esters is 1. The van der Waals surface area contributed by atoms with E-state index in [9.17, 15) is 14.4 Å². The first-order chi connectivity index (χ1) is 16.8. The highest BCUT2D eigenvalue weighted by molar-refractivity contribution is 6.06. The van der Waals surface area contributed by atoms with E-state index in [0.717, 1.165) is 31.4 Å². The first kappa shape index (κ1) is 26.5. The summed E-state index contributed by atoms with van der Waals surface area (Å²) >= 11 is 0. The summed E-state index contributed by atoms with van der Waals surface area (Å²) < 4.78 is 12.4. The average Bonchev–Trinajstić information content (AvgIpc) is 3.13. The Kier molecular flexibility index (Phi) is 9.13. The monoisotopic (exact) mass is 482 g/mol. The van der Waals surface area contributed by atoms with Gasteiger partial charge in [-0.1, -0.05) is 25.3 Å². The smallest absolute Gasteiger partial charge is 0.355 e. The quantitative estimate of drug-likeness (QED) is 0.343. The maximum Gasteiger partial charge on any atom is 0.355 e. The van der Waals surface area contributed by atoms with E-state index in [0.29, 0.717) is 47.1 Å². The number of aromatic nitrogens is 1. The number of methoxy groups -OCH3 is 1. The first-order valence-corrected chi connectivity index (χ1v) is 12.7. The van der Waals surface area contributed by atoms with Crippen molar-refractivity contribution in [2.75, 3.05) is 26.8 Å². The molecule has 0 unspecified atom stereocenters. The van der Waals surface area contributed by atoms with E-state index in [1.165, 1.54) is 6.42 Å². The molecule has 3 rings (SSSR count). The van der Waals surface area contributed by atoms with Crippen LogP contribution in [0.15, 0.2) is 24.3 Å². The largest absolute Gasteiger partial charge is 0.497 e. The molecule has 1 heterocycles. The fourth-order valence-corrected chi connectivity index (χ4v) is 5.26. The Morgan fingerprint density at radius 2 is 1.80 bits per heavy atom. The Morgan fingerprint density at radius 1 is 1.09 bits per heavy atom. The van der Waals surface area contributed by atoms with Crippen LogP contribution in [0.3, 0.4) is 0 Å². The predicted molar refractivity (Wildman–Crippen MR) is 135 cm³/mol. The zero-order chi connectivity index (χ0) is 25.5. The molecule has 1 aromatic heterocycles. The van der Waals surface area contributed by atoms with Gasteiger partial charge in [-0.3, -0.25) is 9.59 Å². The molecule has 0 bridgehead atoms. The van der Waals surface area contributed by atoms with Crippen LogP contribution >= 0.6 is 0 Å². The van der Waals surface area contributed by atoms with Gasteiger partial charge in [0.1, 0.15) is 11.4 Å². The van der Waals surface area contributed by atoms with Gasteiger partial charge in [0.25, 0.3) is 5.91 Å². The Labute approximate surface area is 208 Å². The molecule has 7 heteroatoms. The van der Waals surface area contributed by atoms with Crippen LogP contribution in [0.4, 0.5) is 0 Å². The van der Waals surface area contributed by atoms with Crippen LogP contribution in [0.25, 0.3) is 0 Å². The van der Waals surface area contributed by atoms with Crippen LogP contribution in [0.2, 0.25) is 0 Å². The summed E-state index contributed by atoms with van der Waals surface area (Å²) in [7, 11) is 1.57. The number of Topliss-reactive ketones (excluding diaryl/α,β-unsaturated/α-hetero) is 1. The minimum absolute atomic E-state index is 0.0375. The number of amides is 1. The van der Waals surface area contributed by atoms with Crippen LogP contribution in [0, 0.1) is 19.8 Å². The van der Waals surface area contributed by atoms with Crippen molar-refractivity contribution in [3.8, 4) is 5.75 Å². The second-order valence-corrected chi connectivity index (χ2v) is 9.24. The fourth-order valence-electron chi connectivity index (χ4n) is 5.26. The Balaban J connectivity index is 1.94. The summed E-state index contributed by atoms with van der Waals surface area (Å²) in [4.78, 5) is 41.6. The molecule has 0 aliphatic heterocycles. The Bertz CT molecular complexity index is 1070. The van der Waals surface area contributed by atoms with Gasteiger partial charge in [-0.15, -0.1) is 0 Å². The standard InChI is InChI=1S/C28H38N2O5/c1-6-30-20(4)25(19(3)26(30)28(33)35-7-2)24(31)18-29(17-21-12-9-8-10-13-21)27(32)22-14-11-15-23(16-22)34-5/h11,14-16,21H,6-10,12-13,17-18H2,1-5H3. The van der Waals surface area contributed by atoms with Crippen molar-refractivity contribution in [1.82, 2.24) is 9.47 Å². The molecule has 1 saturated carbocycles. The molecule has 1 amide bonds. The maximum atomic E-state index is 13.7. The van der Waals surface area contributed by atoms with Crippen LogP contribution in [-0.2, 0) is 11.3 Å². The van der Waals surface area contributed by atoms with Crippen molar-refractivity contribution in [2.45, 2.75) is 66.3 Å². The normalized spacial score (nSPS) is 14.0. The van der Waals surface area contributed by atoms with E-state index in [1.54, 1.807) is 50.1 Å². The Morgan fingerprint density at radius 3 is 2.43 bits per heavy atom. The molecule has 0 saturated heterocycles. The van der Waals surface area contributed by atoms with Crippen molar-refractivity contribution in [2.24, 2.45) is 5.92 Å². The Hall–Kier alpha value is -3.09. The molecule has 35 heavy (non-hydrogen) atoms. The third kappa shape index (κ3) is 5.95. The molecule has 0 N–H and O–H groups in total. The van der Waals surface area contributed by atoms with Gasteiger partial charge < -0.3 is 18.9 Å². The van der Waals surface area contributed by atoms with E-state index < -0.39 is 5.97 Å². The number of carbonyl (C=O) groups is 3. The number of carbonyl (C=O) groups excluding carboxylic acids is 3. The molecule has 190 valence electrons. The van der Waals surface area contributed by atoms with Crippen LogP contribution in [0.5, 0.6) is 5.75 Å². The van der Waals surface area contributed by atoms with Crippen molar-refractivity contribution in [3.63, 3.8) is 0 Å². The summed E-state index contributed by atoms with van der Waals surface area (Å²) in [6.45, 7) is 8.64. The highest BCUT2D eigenvalue weighted by Crippen LogP contribution is 2.27. The number of rotatable bonds is 10. The lowest BCUT2D eigenvalue weighted by Gasteiger charge is -2.29. The van der Waals surface area contributed by atoms with E-state index in [-0.39, 0.29) is 24.8 Å². The number of hydrogen-bond acceptors (Lipinski definition) is 5. The summed E-state index contributed by atoms with van der Waals surface area (Å²) in [5, 5.41) is 0. The second-order valence-electron chi connectivity index (χ2n) is 9.24. The lowest BCUT2D eigenvalue weighted by atomic mass is 9.88. The summed E-state index contributed by atoms with van der Waals surface area (Å²) in [5.74, 6) is 0.207. The molecule has 1 aliphatic carbocycles. The summed E-state index contributed by atoms with van der Waals surface area (Å²) in [5.41, 5.74) is 2.75. The average molecular weight is 483 g/mol. The molecule has 1 aromatic carbocycles. The van der Waals surface area contributed by atoms with Crippen LogP contribution in [-0.4, -0.2) is 53.9 Å².